The summed E-state index contributed by atoms with van der Waals surface area (Å²) < 4.78 is 1.65. The predicted molar refractivity (Wildman–Crippen MR) is 132 cm³/mol. The van der Waals surface area contributed by atoms with E-state index in [0.29, 0.717) is 27.5 Å². The van der Waals surface area contributed by atoms with E-state index >= 15 is 0 Å². The second kappa shape index (κ2) is 8.73. The summed E-state index contributed by atoms with van der Waals surface area (Å²) in [5, 5.41) is 13.0. The van der Waals surface area contributed by atoms with Gasteiger partial charge in [0.25, 0.3) is 11.8 Å². The fourth-order valence-electron chi connectivity index (χ4n) is 3.93. The van der Waals surface area contributed by atoms with Gasteiger partial charge < -0.3 is 10.6 Å². The molecule has 0 aliphatic carbocycles. The van der Waals surface area contributed by atoms with E-state index in [0.717, 1.165) is 11.3 Å². The van der Waals surface area contributed by atoms with E-state index in [-0.39, 0.29) is 5.91 Å². The number of imide groups is 1. The Balaban J connectivity index is 1.50. The Labute approximate surface area is 205 Å². The van der Waals surface area contributed by atoms with Crippen molar-refractivity contribution in [3.05, 3.63) is 101 Å². The van der Waals surface area contributed by atoms with Gasteiger partial charge in [0, 0.05) is 22.5 Å². The molecule has 0 radical (unpaired) electrons. The van der Waals surface area contributed by atoms with Crippen molar-refractivity contribution in [3.8, 4) is 16.9 Å². The van der Waals surface area contributed by atoms with Crippen molar-refractivity contribution in [2.75, 3.05) is 5.32 Å². The lowest BCUT2D eigenvalue weighted by molar-refractivity contribution is -0.123. The van der Waals surface area contributed by atoms with E-state index in [1.54, 1.807) is 66.3 Å². The van der Waals surface area contributed by atoms with Crippen LogP contribution in [0.1, 0.15) is 22.8 Å². The topological polar surface area (TPSA) is 105 Å². The minimum Gasteiger partial charge on any atom is -0.322 e. The van der Waals surface area contributed by atoms with Crippen LogP contribution in [0.4, 0.5) is 10.5 Å². The SMILES string of the molecule is CC1(c2cccc(NC(=O)c3cn(-c4ccccc4)nc3-c3ccc(Cl)cc3)c2)NC(=O)NC1=O. The number of carbonyl (C=O) groups is 3. The van der Waals surface area contributed by atoms with Crippen LogP contribution in [0.25, 0.3) is 16.9 Å². The van der Waals surface area contributed by atoms with Gasteiger partial charge in [0.15, 0.2) is 0 Å². The number of carbonyl (C=O) groups excluding carboxylic acids is 3. The summed E-state index contributed by atoms with van der Waals surface area (Å²) in [4.78, 5) is 37.4. The van der Waals surface area contributed by atoms with Gasteiger partial charge in [-0.05, 0) is 48.9 Å². The zero-order valence-corrected chi connectivity index (χ0v) is 19.3. The molecule has 3 N–H and O–H groups in total. The van der Waals surface area contributed by atoms with Crippen LogP contribution >= 0.6 is 11.6 Å². The minimum absolute atomic E-state index is 0.361. The number of amides is 4. The molecule has 3 aromatic carbocycles. The highest BCUT2D eigenvalue weighted by molar-refractivity contribution is 6.30. The number of benzene rings is 3. The molecule has 0 bridgehead atoms. The van der Waals surface area contributed by atoms with Crippen molar-refractivity contribution in [1.82, 2.24) is 20.4 Å². The smallest absolute Gasteiger partial charge is 0.322 e. The maximum absolute atomic E-state index is 13.4. The van der Waals surface area contributed by atoms with E-state index in [4.69, 9.17) is 11.6 Å². The summed E-state index contributed by atoms with van der Waals surface area (Å²) in [6.07, 6.45) is 1.67. The Hall–Kier alpha value is -4.43. The highest BCUT2D eigenvalue weighted by atomic mass is 35.5. The van der Waals surface area contributed by atoms with E-state index in [1.165, 1.54) is 0 Å². The fraction of sp³-hybridized carbons (Fsp3) is 0.0769. The summed E-state index contributed by atoms with van der Waals surface area (Å²) >= 11 is 6.05. The maximum atomic E-state index is 13.4. The van der Waals surface area contributed by atoms with Crippen molar-refractivity contribution in [1.29, 1.82) is 0 Å². The van der Waals surface area contributed by atoms with Crippen LogP contribution in [0.15, 0.2) is 85.1 Å². The lowest BCUT2D eigenvalue weighted by atomic mass is 9.92. The maximum Gasteiger partial charge on any atom is 0.322 e. The molecule has 5 rings (SSSR count). The minimum atomic E-state index is -1.23. The highest BCUT2D eigenvalue weighted by Crippen LogP contribution is 2.29. The fourth-order valence-corrected chi connectivity index (χ4v) is 4.05. The number of anilines is 1. The summed E-state index contributed by atoms with van der Waals surface area (Å²) in [5.41, 5.74) is 2.17. The van der Waals surface area contributed by atoms with Crippen molar-refractivity contribution in [3.63, 3.8) is 0 Å². The normalized spacial score (nSPS) is 17.1. The Morgan fingerprint density at radius 2 is 1.74 bits per heavy atom. The van der Waals surface area contributed by atoms with Crippen LogP contribution in [0, 0.1) is 0 Å². The van der Waals surface area contributed by atoms with Crippen LogP contribution < -0.4 is 16.0 Å². The van der Waals surface area contributed by atoms with Gasteiger partial charge in [0.05, 0.1) is 11.3 Å². The average molecular weight is 486 g/mol. The summed E-state index contributed by atoms with van der Waals surface area (Å²) in [7, 11) is 0. The Morgan fingerprint density at radius 1 is 1.00 bits per heavy atom. The molecule has 1 saturated heterocycles. The average Bonchev–Trinajstić information content (AvgIpc) is 3.41. The van der Waals surface area contributed by atoms with Gasteiger partial charge in [0.1, 0.15) is 11.2 Å². The van der Waals surface area contributed by atoms with Gasteiger partial charge in [0.2, 0.25) is 0 Å². The molecular weight excluding hydrogens is 466 g/mol. The number of hydrogen-bond acceptors (Lipinski definition) is 4. The number of halogens is 1. The lowest BCUT2D eigenvalue weighted by Gasteiger charge is -2.21. The van der Waals surface area contributed by atoms with Crippen molar-refractivity contribution >= 4 is 35.1 Å². The third kappa shape index (κ3) is 4.27. The van der Waals surface area contributed by atoms with Crippen molar-refractivity contribution in [2.45, 2.75) is 12.5 Å². The zero-order valence-electron chi connectivity index (χ0n) is 18.6. The van der Waals surface area contributed by atoms with Crippen LogP contribution in [0.2, 0.25) is 5.02 Å². The summed E-state index contributed by atoms with van der Waals surface area (Å²) in [6.45, 7) is 1.61. The molecule has 1 aromatic heterocycles. The van der Waals surface area contributed by atoms with Crippen molar-refractivity contribution in [2.24, 2.45) is 0 Å². The van der Waals surface area contributed by atoms with Crippen molar-refractivity contribution < 1.29 is 14.4 Å². The van der Waals surface area contributed by atoms with Gasteiger partial charge in [-0.1, -0.05) is 54.1 Å². The third-order valence-electron chi connectivity index (χ3n) is 5.84. The molecule has 4 aromatic rings. The molecule has 4 amide bonds. The molecule has 174 valence electrons. The molecule has 8 nitrogen and oxygen atoms in total. The molecule has 1 fully saturated rings. The first-order chi connectivity index (χ1) is 16.8. The van der Waals surface area contributed by atoms with Crippen LogP contribution in [-0.4, -0.2) is 27.6 Å². The summed E-state index contributed by atoms with van der Waals surface area (Å²) in [6, 6.07) is 22.8. The molecule has 9 heteroatoms. The number of nitrogens with zero attached hydrogens (tertiary/aromatic N) is 2. The Kier molecular flexibility index (Phi) is 5.58. The number of nitrogens with one attached hydrogen (secondary N) is 3. The Morgan fingerprint density at radius 3 is 2.43 bits per heavy atom. The second-order valence-electron chi connectivity index (χ2n) is 8.25. The Bertz CT molecular complexity index is 1450. The van der Waals surface area contributed by atoms with Crippen LogP contribution in [0.3, 0.4) is 0 Å². The molecule has 0 spiro atoms. The van der Waals surface area contributed by atoms with Gasteiger partial charge >= 0.3 is 6.03 Å². The van der Waals surface area contributed by atoms with Gasteiger partial charge in [-0.3, -0.25) is 14.9 Å². The second-order valence-corrected chi connectivity index (χ2v) is 8.68. The molecule has 2 heterocycles. The first-order valence-electron chi connectivity index (χ1n) is 10.8. The van der Waals surface area contributed by atoms with E-state index < -0.39 is 17.5 Å². The quantitative estimate of drug-likeness (QED) is 0.362. The first kappa shape index (κ1) is 22.4. The standard InChI is InChI=1S/C26H20ClN5O3/c1-26(24(34)29-25(35)30-26)17-6-5-7-19(14-17)28-23(33)21-15-32(20-8-3-2-4-9-20)31-22(21)16-10-12-18(27)13-11-16/h2-15H,1H3,(H,28,33)(H2,29,30,34,35). The number of rotatable bonds is 5. The zero-order chi connectivity index (χ0) is 24.6. The van der Waals surface area contributed by atoms with E-state index in [9.17, 15) is 14.4 Å². The number of aromatic nitrogens is 2. The predicted octanol–water partition coefficient (Wildman–Crippen LogP) is 4.50. The van der Waals surface area contributed by atoms with Gasteiger partial charge in [-0.2, -0.15) is 5.10 Å². The van der Waals surface area contributed by atoms with E-state index in [1.807, 2.05) is 30.3 Å². The molecule has 0 saturated carbocycles. The molecular formula is C26H20ClN5O3. The molecule has 1 aliphatic heterocycles. The third-order valence-corrected chi connectivity index (χ3v) is 6.09. The lowest BCUT2D eigenvalue weighted by Crippen LogP contribution is -2.40. The molecule has 35 heavy (non-hydrogen) atoms. The highest BCUT2D eigenvalue weighted by Gasteiger charge is 2.43. The molecule has 1 unspecified atom stereocenters. The van der Waals surface area contributed by atoms with Gasteiger partial charge in [-0.15, -0.1) is 0 Å². The number of hydrogen-bond donors (Lipinski definition) is 3. The number of para-hydroxylation sites is 1. The van der Waals surface area contributed by atoms with Gasteiger partial charge in [-0.25, -0.2) is 9.48 Å². The monoisotopic (exact) mass is 485 g/mol. The van der Waals surface area contributed by atoms with Crippen LogP contribution in [-0.2, 0) is 10.3 Å². The molecule has 1 aliphatic rings. The largest absolute Gasteiger partial charge is 0.322 e. The van der Waals surface area contributed by atoms with Crippen LogP contribution in [0.5, 0.6) is 0 Å². The summed E-state index contributed by atoms with van der Waals surface area (Å²) in [5.74, 6) is -0.834. The first-order valence-corrected chi connectivity index (χ1v) is 11.2. The number of urea groups is 1. The van der Waals surface area contributed by atoms with E-state index in [2.05, 4.69) is 21.0 Å². The molecule has 1 atom stereocenters.